The van der Waals surface area contributed by atoms with Gasteiger partial charge in [0.05, 0.1) is 41.4 Å². The normalized spacial score (nSPS) is 18.5. The predicted molar refractivity (Wildman–Crippen MR) is 152 cm³/mol. The van der Waals surface area contributed by atoms with E-state index < -0.39 is 6.17 Å². The van der Waals surface area contributed by atoms with Crippen molar-refractivity contribution in [2.24, 2.45) is 4.99 Å². The number of nitriles is 1. The predicted octanol–water partition coefficient (Wildman–Crippen LogP) is 3.94. The van der Waals surface area contributed by atoms with Gasteiger partial charge in [0.2, 0.25) is 6.17 Å². The molecule has 7 rings (SSSR count). The highest BCUT2D eigenvalue weighted by atomic mass is 16.5. The van der Waals surface area contributed by atoms with Gasteiger partial charge < -0.3 is 24.7 Å². The molecule has 1 aliphatic carbocycles. The SMILES string of the molecule is N#Cc1cc(-c2nnc(NC3N=C(c4ccccc4)c4ccccc4NC3=O)o2)c(N2CCOCC2)nc1C1CC1. The fourth-order valence-corrected chi connectivity index (χ4v) is 5.14. The van der Waals surface area contributed by atoms with Crippen LogP contribution in [0, 0.1) is 11.3 Å². The summed E-state index contributed by atoms with van der Waals surface area (Å²) in [5.41, 5.74) is 4.89. The average Bonchev–Trinajstić information content (AvgIpc) is 3.79. The number of hydrogen-bond acceptors (Lipinski definition) is 10. The molecule has 2 aromatic carbocycles. The Hall–Kier alpha value is -5.08. The molecule has 11 nitrogen and oxygen atoms in total. The fourth-order valence-electron chi connectivity index (χ4n) is 5.14. The van der Waals surface area contributed by atoms with Gasteiger partial charge in [-0.25, -0.2) is 9.98 Å². The Morgan fingerprint density at radius 2 is 1.78 bits per heavy atom. The van der Waals surface area contributed by atoms with Gasteiger partial charge in [-0.2, -0.15) is 5.26 Å². The van der Waals surface area contributed by atoms with Crippen molar-refractivity contribution < 1.29 is 13.9 Å². The zero-order chi connectivity index (χ0) is 27.8. The lowest BCUT2D eigenvalue weighted by atomic mass is 10.0. The molecule has 2 N–H and O–H groups in total. The molecule has 2 fully saturated rings. The summed E-state index contributed by atoms with van der Waals surface area (Å²) in [6.07, 6.45) is 1.02. The number of morpholine rings is 1. The number of pyridine rings is 1. The summed E-state index contributed by atoms with van der Waals surface area (Å²) in [6.45, 7) is 2.49. The fraction of sp³-hybridized carbons (Fsp3) is 0.267. The summed E-state index contributed by atoms with van der Waals surface area (Å²) in [4.78, 5) is 25.1. The highest BCUT2D eigenvalue weighted by Gasteiger charge is 2.32. The van der Waals surface area contributed by atoms with Gasteiger partial charge in [0.15, 0.2) is 0 Å². The Bertz CT molecular complexity index is 1680. The Balaban J connectivity index is 1.24. The molecule has 0 bridgehead atoms. The van der Waals surface area contributed by atoms with Crippen LogP contribution in [0.15, 0.2) is 70.1 Å². The summed E-state index contributed by atoms with van der Waals surface area (Å²) in [7, 11) is 0. The number of para-hydroxylation sites is 1. The second kappa shape index (κ2) is 10.5. The number of benzodiazepines with no additional fused rings is 1. The lowest BCUT2D eigenvalue weighted by molar-refractivity contribution is -0.116. The van der Waals surface area contributed by atoms with E-state index in [1.807, 2.05) is 54.6 Å². The molecule has 4 heterocycles. The van der Waals surface area contributed by atoms with E-state index in [0.29, 0.717) is 60.6 Å². The Morgan fingerprint density at radius 1 is 1.00 bits per heavy atom. The van der Waals surface area contributed by atoms with Crippen molar-refractivity contribution in [1.82, 2.24) is 15.2 Å². The van der Waals surface area contributed by atoms with Gasteiger partial charge in [0.25, 0.3) is 11.8 Å². The Labute approximate surface area is 235 Å². The monoisotopic (exact) mass is 546 g/mol. The number of anilines is 3. The van der Waals surface area contributed by atoms with Gasteiger partial charge in [-0.15, -0.1) is 5.10 Å². The van der Waals surface area contributed by atoms with Crippen LogP contribution in [0.1, 0.15) is 41.1 Å². The maximum atomic E-state index is 13.3. The summed E-state index contributed by atoms with van der Waals surface area (Å²) >= 11 is 0. The van der Waals surface area contributed by atoms with E-state index in [4.69, 9.17) is 19.1 Å². The molecular formula is C30H26N8O3. The van der Waals surface area contributed by atoms with Crippen LogP contribution in [0.3, 0.4) is 0 Å². The van der Waals surface area contributed by atoms with Gasteiger partial charge in [-0.1, -0.05) is 53.6 Å². The molecule has 1 unspecified atom stereocenters. The first-order chi connectivity index (χ1) is 20.2. The van der Waals surface area contributed by atoms with E-state index >= 15 is 0 Å². The van der Waals surface area contributed by atoms with Crippen LogP contribution in [0.5, 0.6) is 0 Å². The number of hydrogen-bond donors (Lipinski definition) is 2. The number of carbonyl (C=O) groups excluding carboxylic acids is 1. The van der Waals surface area contributed by atoms with E-state index in [0.717, 1.165) is 29.7 Å². The van der Waals surface area contributed by atoms with Crippen molar-refractivity contribution in [3.05, 3.63) is 83.0 Å². The van der Waals surface area contributed by atoms with Crippen molar-refractivity contribution in [2.75, 3.05) is 41.8 Å². The van der Waals surface area contributed by atoms with E-state index in [9.17, 15) is 10.1 Å². The zero-order valence-electron chi connectivity index (χ0n) is 22.1. The number of ether oxygens (including phenoxy) is 1. The van der Waals surface area contributed by atoms with Crippen molar-refractivity contribution >= 4 is 29.1 Å². The number of rotatable bonds is 6. The third kappa shape index (κ3) is 4.90. The average molecular weight is 547 g/mol. The lowest BCUT2D eigenvalue weighted by Crippen LogP contribution is -2.37. The topological polar surface area (TPSA) is 142 Å². The van der Waals surface area contributed by atoms with Crippen molar-refractivity contribution in [3.8, 4) is 17.5 Å². The second-order valence-corrected chi connectivity index (χ2v) is 10.1. The van der Waals surface area contributed by atoms with Gasteiger partial charge in [-0.05, 0) is 25.0 Å². The van der Waals surface area contributed by atoms with Crippen LogP contribution >= 0.6 is 0 Å². The quantitative estimate of drug-likeness (QED) is 0.368. The molecule has 1 amide bonds. The van der Waals surface area contributed by atoms with Gasteiger partial charge in [-0.3, -0.25) is 4.79 Å². The van der Waals surface area contributed by atoms with Crippen molar-refractivity contribution in [1.29, 1.82) is 5.26 Å². The van der Waals surface area contributed by atoms with E-state index in [1.165, 1.54) is 0 Å². The highest BCUT2D eigenvalue weighted by molar-refractivity contribution is 6.19. The third-order valence-corrected chi connectivity index (χ3v) is 7.34. The summed E-state index contributed by atoms with van der Waals surface area (Å²) in [5.74, 6) is 0.827. The van der Waals surface area contributed by atoms with Crippen LogP contribution in [-0.4, -0.2) is 59.3 Å². The van der Waals surface area contributed by atoms with Crippen LogP contribution in [0.4, 0.5) is 17.5 Å². The molecule has 4 aromatic rings. The van der Waals surface area contributed by atoms with E-state index in [-0.39, 0.29) is 17.8 Å². The molecule has 3 aliphatic rings. The van der Waals surface area contributed by atoms with Crippen molar-refractivity contribution in [2.45, 2.75) is 24.9 Å². The minimum Gasteiger partial charge on any atom is -0.403 e. The van der Waals surface area contributed by atoms with Gasteiger partial charge >= 0.3 is 6.01 Å². The van der Waals surface area contributed by atoms with Crippen LogP contribution in [0.2, 0.25) is 0 Å². The van der Waals surface area contributed by atoms with Gasteiger partial charge in [0.1, 0.15) is 11.9 Å². The molecule has 2 aromatic heterocycles. The first-order valence-corrected chi connectivity index (χ1v) is 13.6. The molecule has 0 radical (unpaired) electrons. The smallest absolute Gasteiger partial charge is 0.317 e. The number of amides is 1. The number of aromatic nitrogens is 3. The van der Waals surface area contributed by atoms with E-state index in [1.54, 1.807) is 6.07 Å². The van der Waals surface area contributed by atoms with Crippen LogP contribution < -0.4 is 15.5 Å². The number of nitrogens with one attached hydrogen (secondary N) is 2. The minimum absolute atomic E-state index is 0.0278. The molecule has 11 heteroatoms. The Morgan fingerprint density at radius 3 is 2.56 bits per heavy atom. The first-order valence-electron chi connectivity index (χ1n) is 13.6. The first kappa shape index (κ1) is 24.9. The molecule has 1 atom stereocenters. The second-order valence-electron chi connectivity index (χ2n) is 10.1. The molecule has 1 saturated carbocycles. The summed E-state index contributed by atoms with van der Waals surface area (Å²) in [6, 6.07) is 21.3. The number of carbonyl (C=O) groups is 1. The highest BCUT2D eigenvalue weighted by Crippen LogP contribution is 2.43. The molecule has 1 saturated heterocycles. The van der Waals surface area contributed by atoms with Crippen LogP contribution in [-0.2, 0) is 9.53 Å². The van der Waals surface area contributed by atoms with Gasteiger partial charge in [0, 0.05) is 30.1 Å². The van der Waals surface area contributed by atoms with Crippen LogP contribution in [0.25, 0.3) is 11.5 Å². The number of fused-ring (bicyclic) bond motifs is 1. The minimum atomic E-state index is -1.03. The standard InChI is InChI=1S/C30H26N8O3/c31-17-20-16-22(27(34-24(20)19-10-11-19)38-12-14-40-15-13-38)29-36-37-30(41-29)35-26-28(39)32-23-9-5-4-8-21(23)25(33-26)18-6-2-1-3-7-18/h1-9,16,19,26H,10-15H2,(H,32,39)(H,35,37). The lowest BCUT2D eigenvalue weighted by Gasteiger charge is -2.29. The number of aliphatic imine (C=N–C) groups is 1. The number of benzene rings is 2. The van der Waals surface area contributed by atoms with E-state index in [2.05, 4.69) is 31.8 Å². The Kier molecular flexibility index (Phi) is 6.37. The summed E-state index contributed by atoms with van der Waals surface area (Å²) < 4.78 is 11.6. The molecule has 204 valence electrons. The maximum absolute atomic E-state index is 13.3. The summed E-state index contributed by atoms with van der Waals surface area (Å²) in [5, 5.41) is 24.3. The molecule has 0 spiro atoms. The van der Waals surface area contributed by atoms with Crippen molar-refractivity contribution in [3.63, 3.8) is 0 Å². The maximum Gasteiger partial charge on any atom is 0.317 e. The zero-order valence-corrected chi connectivity index (χ0v) is 22.1. The molecular weight excluding hydrogens is 520 g/mol. The molecule has 2 aliphatic heterocycles. The number of nitrogens with zero attached hydrogens (tertiary/aromatic N) is 6. The largest absolute Gasteiger partial charge is 0.403 e. The third-order valence-electron chi connectivity index (χ3n) is 7.34. The molecule has 41 heavy (non-hydrogen) atoms.